The molecule has 16 heteroatoms. The Balaban J connectivity index is 1.66. The monoisotopic (exact) mass is 596 g/mol. The Bertz CT molecular complexity index is 1490. The molecular weight excluding hydrogens is 568 g/mol. The van der Waals surface area contributed by atoms with E-state index in [4.69, 9.17) is 23.4 Å². The predicted molar refractivity (Wildman–Crippen MR) is 136 cm³/mol. The van der Waals surface area contributed by atoms with Crippen LogP contribution in [-0.2, 0) is 9.47 Å². The smallest absolute Gasteiger partial charge is 0.229 e. The first kappa shape index (κ1) is 29.8. The molecule has 1 aromatic heterocycles. The van der Waals surface area contributed by atoms with Crippen molar-refractivity contribution in [2.75, 3.05) is 13.2 Å². The van der Waals surface area contributed by atoms with E-state index < -0.39 is 108 Å². The lowest BCUT2D eigenvalue weighted by Crippen LogP contribution is -2.60. The molecular formula is C26H28O16. The van der Waals surface area contributed by atoms with Gasteiger partial charge in [0.25, 0.3) is 0 Å². The fourth-order valence-corrected chi connectivity index (χ4v) is 4.58. The number of aliphatic hydroxyl groups excluding tert-OH is 7. The van der Waals surface area contributed by atoms with Crippen LogP contribution in [0.25, 0.3) is 22.3 Å². The van der Waals surface area contributed by atoms with Crippen LogP contribution in [0, 0.1) is 0 Å². The van der Waals surface area contributed by atoms with Crippen molar-refractivity contribution in [2.24, 2.45) is 0 Å². The second-order valence-electron chi connectivity index (χ2n) is 9.76. The van der Waals surface area contributed by atoms with Crippen LogP contribution in [0.3, 0.4) is 0 Å². The molecule has 2 fully saturated rings. The highest BCUT2D eigenvalue weighted by atomic mass is 16.7. The predicted octanol–water partition coefficient (Wildman–Crippen LogP) is -2.43. The van der Waals surface area contributed by atoms with Crippen molar-refractivity contribution in [2.45, 2.75) is 55.3 Å². The molecule has 228 valence electrons. The van der Waals surface area contributed by atoms with Gasteiger partial charge in [-0.15, -0.1) is 0 Å². The fourth-order valence-electron chi connectivity index (χ4n) is 4.58. The van der Waals surface area contributed by atoms with Gasteiger partial charge in [-0.1, -0.05) is 0 Å². The highest BCUT2D eigenvalue weighted by Crippen LogP contribution is 2.51. The molecule has 3 aromatic rings. The summed E-state index contributed by atoms with van der Waals surface area (Å²) in [7, 11) is 0. The Kier molecular flexibility index (Phi) is 8.17. The lowest BCUT2D eigenvalue weighted by atomic mass is 9.99. The maximum atomic E-state index is 13.3. The molecule has 42 heavy (non-hydrogen) atoms. The number of fused-ring (bicyclic) bond motifs is 1. The van der Waals surface area contributed by atoms with Gasteiger partial charge in [-0.25, -0.2) is 0 Å². The van der Waals surface area contributed by atoms with Gasteiger partial charge in [0.05, 0.1) is 13.2 Å². The summed E-state index contributed by atoms with van der Waals surface area (Å²) in [4.78, 5) is 13.3. The van der Waals surface area contributed by atoms with Crippen molar-refractivity contribution in [3.8, 4) is 40.1 Å². The van der Waals surface area contributed by atoms with E-state index in [-0.39, 0.29) is 17.1 Å². The van der Waals surface area contributed by atoms with Gasteiger partial charge in [-0.05, 0) is 24.3 Å². The zero-order valence-electron chi connectivity index (χ0n) is 21.4. The Morgan fingerprint density at radius 2 is 1.43 bits per heavy atom. The SMILES string of the molecule is O=c1cc(-c2ccc(O)cc2)oc2c(O[C@@H]3OC[C@@H](O)[C@@H](O)[C@H]3O)c(O)c(O[C@@H]3O[C@H](CO)[C@@H](O)[C@@H](O)[C@H]3O)c(O)c12. The lowest BCUT2D eigenvalue weighted by molar-refractivity contribution is -0.277. The quantitative estimate of drug-likeness (QED) is 0.142. The van der Waals surface area contributed by atoms with E-state index in [0.29, 0.717) is 0 Å². The normalized spacial score (nSPS) is 31.6. The number of phenols is 3. The summed E-state index contributed by atoms with van der Waals surface area (Å²) in [5.74, 6) is -4.00. The maximum Gasteiger partial charge on any atom is 0.229 e. The maximum absolute atomic E-state index is 13.3. The second-order valence-corrected chi connectivity index (χ2v) is 9.76. The molecule has 0 saturated carbocycles. The van der Waals surface area contributed by atoms with Crippen molar-refractivity contribution >= 4 is 11.0 Å². The van der Waals surface area contributed by atoms with Crippen LogP contribution < -0.4 is 14.9 Å². The Morgan fingerprint density at radius 1 is 0.786 bits per heavy atom. The first-order valence-electron chi connectivity index (χ1n) is 12.6. The van der Waals surface area contributed by atoms with E-state index in [1.165, 1.54) is 24.3 Å². The minimum Gasteiger partial charge on any atom is -0.508 e. The molecule has 0 aliphatic carbocycles. The number of benzene rings is 2. The average Bonchev–Trinajstić information content (AvgIpc) is 2.97. The molecule has 16 nitrogen and oxygen atoms in total. The minimum absolute atomic E-state index is 0.0830. The minimum atomic E-state index is -1.98. The average molecular weight is 596 g/mol. The lowest BCUT2D eigenvalue weighted by Gasteiger charge is -2.39. The van der Waals surface area contributed by atoms with E-state index >= 15 is 0 Å². The molecule has 9 atom stereocenters. The van der Waals surface area contributed by atoms with Crippen LogP contribution in [0.15, 0.2) is 39.5 Å². The summed E-state index contributed by atoms with van der Waals surface area (Å²) >= 11 is 0. The first-order chi connectivity index (χ1) is 19.9. The van der Waals surface area contributed by atoms with Gasteiger partial charge in [0.15, 0.2) is 16.8 Å². The van der Waals surface area contributed by atoms with Crippen molar-refractivity contribution in [1.82, 2.24) is 0 Å². The number of aromatic hydroxyl groups is 3. The van der Waals surface area contributed by atoms with Crippen LogP contribution in [0.1, 0.15) is 0 Å². The van der Waals surface area contributed by atoms with E-state index in [1.54, 1.807) is 0 Å². The van der Waals surface area contributed by atoms with Crippen molar-refractivity contribution in [1.29, 1.82) is 0 Å². The van der Waals surface area contributed by atoms with E-state index in [1.807, 2.05) is 0 Å². The number of hydrogen-bond acceptors (Lipinski definition) is 16. The Labute approximate surface area is 235 Å². The van der Waals surface area contributed by atoms with Crippen molar-refractivity contribution < 1.29 is 74.4 Å². The van der Waals surface area contributed by atoms with Gasteiger partial charge in [-0.2, -0.15) is 0 Å². The number of rotatable bonds is 6. The summed E-state index contributed by atoms with van der Waals surface area (Å²) in [6.45, 7) is -1.32. The highest BCUT2D eigenvalue weighted by Gasteiger charge is 2.46. The molecule has 0 spiro atoms. The summed E-state index contributed by atoms with van der Waals surface area (Å²) < 4.78 is 27.3. The summed E-state index contributed by atoms with van der Waals surface area (Å²) in [5.41, 5.74) is -1.20. The molecule has 2 saturated heterocycles. The van der Waals surface area contributed by atoms with Gasteiger partial charge in [0.2, 0.25) is 29.8 Å². The Morgan fingerprint density at radius 3 is 2.10 bits per heavy atom. The van der Waals surface area contributed by atoms with Crippen LogP contribution >= 0.6 is 0 Å². The van der Waals surface area contributed by atoms with Gasteiger partial charge in [-0.3, -0.25) is 4.79 Å². The van der Waals surface area contributed by atoms with Crippen molar-refractivity contribution in [3.05, 3.63) is 40.6 Å². The van der Waals surface area contributed by atoms with Crippen LogP contribution in [0.5, 0.6) is 28.7 Å². The molecule has 2 aliphatic rings. The molecule has 0 unspecified atom stereocenters. The van der Waals surface area contributed by atoms with Gasteiger partial charge >= 0.3 is 0 Å². The standard InChI is InChI=1S/C26H28O16/c27-6-13-16(32)18(34)20(36)26(40-13)41-23-17(33)14-10(29)5-12(8-1-3-9(28)4-2-8)39-22(14)24(21(23)37)42-25-19(35)15(31)11(30)7-38-25/h1-5,11,13,15-16,18-20,25-28,30-37H,6-7H2/t11-,13-,15-,16-,18-,19-,20-,25+,26+/m1/s1. The topological polar surface area (TPSA) is 269 Å². The number of phenolic OH excluding ortho intramolecular Hbond substituents is 3. The molecule has 10 N–H and O–H groups in total. The van der Waals surface area contributed by atoms with Gasteiger partial charge in [0, 0.05) is 11.6 Å². The summed E-state index contributed by atoms with van der Waals surface area (Å²) in [6, 6.07) is 6.40. The Hall–Kier alpha value is -3.71. The summed E-state index contributed by atoms with van der Waals surface area (Å²) in [5, 5.41) is 102. The molecule has 0 bridgehead atoms. The zero-order valence-corrected chi connectivity index (χ0v) is 21.4. The largest absolute Gasteiger partial charge is 0.508 e. The fraction of sp³-hybridized carbons (Fsp3) is 0.423. The molecule has 5 rings (SSSR count). The third-order valence-corrected chi connectivity index (χ3v) is 6.96. The number of aliphatic hydroxyl groups is 7. The molecule has 0 radical (unpaired) electrons. The van der Waals surface area contributed by atoms with Crippen LogP contribution in [0.2, 0.25) is 0 Å². The molecule has 3 heterocycles. The van der Waals surface area contributed by atoms with E-state index in [2.05, 4.69) is 0 Å². The third-order valence-electron chi connectivity index (χ3n) is 6.96. The van der Waals surface area contributed by atoms with Crippen LogP contribution in [0.4, 0.5) is 0 Å². The summed E-state index contributed by atoms with van der Waals surface area (Å²) in [6.07, 6.45) is -15.8. The molecule has 2 aliphatic heterocycles. The van der Waals surface area contributed by atoms with Gasteiger partial charge < -0.3 is 74.4 Å². The van der Waals surface area contributed by atoms with Crippen molar-refractivity contribution in [3.63, 3.8) is 0 Å². The van der Waals surface area contributed by atoms with Gasteiger partial charge in [0.1, 0.15) is 59.6 Å². The van der Waals surface area contributed by atoms with E-state index in [0.717, 1.165) is 6.07 Å². The van der Waals surface area contributed by atoms with E-state index in [9.17, 15) is 55.9 Å². The second kappa shape index (κ2) is 11.5. The first-order valence-corrected chi connectivity index (χ1v) is 12.6. The highest BCUT2D eigenvalue weighted by molar-refractivity contribution is 5.95. The van der Waals surface area contributed by atoms with Crippen LogP contribution in [-0.4, -0.2) is 120 Å². The number of ether oxygens (including phenoxy) is 4. The zero-order chi connectivity index (χ0) is 30.5. The molecule has 2 aromatic carbocycles. The number of hydrogen-bond donors (Lipinski definition) is 10. The third kappa shape index (κ3) is 5.19. The molecule has 0 amide bonds.